The Labute approximate surface area is 175 Å². The fraction of sp³-hybridized carbons (Fsp3) is 0.118. The van der Waals surface area contributed by atoms with Crippen LogP contribution in [0.5, 0.6) is 0 Å². The number of halogens is 5. The number of carbonyl (C=O) groups excluding carboxylic acids is 1. The van der Waals surface area contributed by atoms with Crippen LogP contribution in [0.4, 0.5) is 19.0 Å². The average molecular weight is 492 g/mol. The predicted molar refractivity (Wildman–Crippen MR) is 105 cm³/mol. The largest absolute Gasteiger partial charge is 0.417 e. The van der Waals surface area contributed by atoms with Gasteiger partial charge in [0.05, 0.1) is 16.3 Å². The Morgan fingerprint density at radius 2 is 1.96 bits per heavy atom. The summed E-state index contributed by atoms with van der Waals surface area (Å²) in [6, 6.07) is 8.27. The fourth-order valence-corrected chi connectivity index (χ4v) is 3.43. The second kappa shape index (κ2) is 8.54. The van der Waals surface area contributed by atoms with Gasteiger partial charge in [-0.1, -0.05) is 39.3 Å². The van der Waals surface area contributed by atoms with Gasteiger partial charge >= 0.3 is 6.18 Å². The van der Waals surface area contributed by atoms with Crippen LogP contribution < -0.4 is 5.32 Å². The summed E-state index contributed by atoms with van der Waals surface area (Å²) >= 11 is 10.3. The maximum absolute atomic E-state index is 12.6. The van der Waals surface area contributed by atoms with Gasteiger partial charge in [0.1, 0.15) is 0 Å². The van der Waals surface area contributed by atoms with Gasteiger partial charge in [-0.15, -0.1) is 0 Å². The Morgan fingerprint density at radius 1 is 1.25 bits per heavy atom. The molecule has 3 aromatic rings. The van der Waals surface area contributed by atoms with E-state index in [4.69, 9.17) is 11.6 Å². The van der Waals surface area contributed by atoms with Gasteiger partial charge in [-0.05, 0) is 30.3 Å². The van der Waals surface area contributed by atoms with Crippen LogP contribution in [0, 0.1) is 0 Å². The Bertz CT molecular complexity index is 995. The number of pyridine rings is 1. The van der Waals surface area contributed by atoms with E-state index in [1.807, 2.05) is 28.8 Å². The monoisotopic (exact) mass is 490 g/mol. The minimum Gasteiger partial charge on any atom is -0.309 e. The highest BCUT2D eigenvalue weighted by atomic mass is 79.9. The number of nitrogens with zero attached hydrogens (tertiary/aromatic N) is 3. The van der Waals surface area contributed by atoms with Crippen LogP contribution in [0.2, 0.25) is 5.02 Å². The van der Waals surface area contributed by atoms with Crippen molar-refractivity contribution >= 4 is 51.0 Å². The predicted octanol–water partition coefficient (Wildman–Crippen LogP) is 5.43. The molecule has 3 rings (SSSR count). The molecule has 0 aliphatic carbocycles. The molecule has 2 heterocycles. The number of hydrogen-bond acceptors (Lipinski definition) is 4. The number of amides is 1. The maximum atomic E-state index is 12.6. The Morgan fingerprint density at radius 3 is 2.61 bits per heavy atom. The van der Waals surface area contributed by atoms with Crippen molar-refractivity contribution in [2.24, 2.45) is 0 Å². The third-order valence-electron chi connectivity index (χ3n) is 3.47. The standard InChI is InChI=1S/C17H11BrClF3N4OS/c18-11-1-3-12(4-2-11)26-6-5-23-16(26)28-9-14(27)25-15-13(19)7-10(8-24-15)17(20,21)22/h1-8H,9H2,(H,24,25,27). The van der Waals surface area contributed by atoms with E-state index in [0.717, 1.165) is 16.2 Å². The van der Waals surface area contributed by atoms with Crippen molar-refractivity contribution in [3.8, 4) is 5.69 Å². The van der Waals surface area contributed by atoms with Crippen molar-refractivity contribution in [2.75, 3.05) is 11.1 Å². The van der Waals surface area contributed by atoms with E-state index in [9.17, 15) is 18.0 Å². The first-order valence-corrected chi connectivity index (χ1v) is 9.84. The first kappa shape index (κ1) is 20.7. The summed E-state index contributed by atoms with van der Waals surface area (Å²) in [4.78, 5) is 19.9. The summed E-state index contributed by atoms with van der Waals surface area (Å²) in [6.07, 6.45) is -0.567. The van der Waals surface area contributed by atoms with Crippen LogP contribution in [-0.2, 0) is 11.0 Å². The highest BCUT2D eigenvalue weighted by molar-refractivity contribution is 9.10. The summed E-state index contributed by atoms with van der Waals surface area (Å²) in [5.41, 5.74) is -0.113. The van der Waals surface area contributed by atoms with E-state index >= 15 is 0 Å². The number of aromatic nitrogens is 3. The van der Waals surface area contributed by atoms with Gasteiger partial charge in [-0.3, -0.25) is 9.36 Å². The van der Waals surface area contributed by atoms with Gasteiger partial charge in [0.25, 0.3) is 0 Å². The lowest BCUT2D eigenvalue weighted by Crippen LogP contribution is -2.16. The van der Waals surface area contributed by atoms with Crippen molar-refractivity contribution in [1.82, 2.24) is 14.5 Å². The van der Waals surface area contributed by atoms with E-state index in [1.54, 1.807) is 12.4 Å². The number of imidazole rings is 1. The van der Waals surface area contributed by atoms with Crippen molar-refractivity contribution < 1.29 is 18.0 Å². The summed E-state index contributed by atoms with van der Waals surface area (Å²) in [7, 11) is 0. The van der Waals surface area contributed by atoms with E-state index in [-0.39, 0.29) is 16.6 Å². The molecule has 0 aliphatic heterocycles. The molecule has 0 atom stereocenters. The van der Waals surface area contributed by atoms with Crippen LogP contribution in [0.25, 0.3) is 5.69 Å². The van der Waals surface area contributed by atoms with E-state index in [0.29, 0.717) is 11.4 Å². The van der Waals surface area contributed by atoms with Crippen molar-refractivity contribution in [3.63, 3.8) is 0 Å². The number of benzene rings is 1. The minimum atomic E-state index is -4.56. The molecule has 2 aromatic heterocycles. The minimum absolute atomic E-state index is 0.0213. The molecular formula is C17H11BrClF3N4OS. The first-order chi connectivity index (χ1) is 13.2. The van der Waals surface area contributed by atoms with Crippen LogP contribution in [0.1, 0.15) is 5.56 Å². The molecule has 1 amide bonds. The highest BCUT2D eigenvalue weighted by Crippen LogP contribution is 2.32. The Kier molecular flexibility index (Phi) is 6.31. The van der Waals surface area contributed by atoms with Gasteiger partial charge in [-0.2, -0.15) is 13.2 Å². The third-order valence-corrected chi connectivity index (χ3v) is 5.25. The maximum Gasteiger partial charge on any atom is 0.417 e. The fourth-order valence-electron chi connectivity index (χ4n) is 2.18. The molecule has 0 radical (unpaired) electrons. The van der Waals surface area contributed by atoms with Gasteiger partial charge in [0, 0.05) is 28.8 Å². The number of rotatable bonds is 5. The molecule has 0 fully saturated rings. The molecule has 146 valence electrons. The third kappa shape index (κ3) is 5.06. The lowest BCUT2D eigenvalue weighted by Gasteiger charge is -2.10. The van der Waals surface area contributed by atoms with E-state index < -0.39 is 17.6 Å². The molecule has 0 spiro atoms. The second-order valence-electron chi connectivity index (χ2n) is 5.45. The van der Waals surface area contributed by atoms with Crippen LogP contribution in [-0.4, -0.2) is 26.2 Å². The highest BCUT2D eigenvalue weighted by Gasteiger charge is 2.31. The summed E-state index contributed by atoms with van der Waals surface area (Å²) < 4.78 is 40.7. The van der Waals surface area contributed by atoms with Crippen LogP contribution in [0.15, 0.2) is 58.6 Å². The van der Waals surface area contributed by atoms with E-state index in [2.05, 4.69) is 31.2 Å². The molecule has 0 aliphatic rings. The lowest BCUT2D eigenvalue weighted by atomic mass is 10.3. The molecule has 5 nitrogen and oxygen atoms in total. The van der Waals surface area contributed by atoms with Crippen molar-refractivity contribution in [2.45, 2.75) is 11.3 Å². The molecule has 0 bridgehead atoms. The number of thioether (sulfide) groups is 1. The molecule has 11 heteroatoms. The molecule has 1 N–H and O–H groups in total. The number of anilines is 1. The number of alkyl halides is 3. The van der Waals surface area contributed by atoms with Crippen LogP contribution in [0.3, 0.4) is 0 Å². The molecule has 0 saturated heterocycles. The average Bonchev–Trinajstić information content (AvgIpc) is 3.10. The van der Waals surface area contributed by atoms with Gasteiger partial charge in [0.2, 0.25) is 5.91 Å². The van der Waals surface area contributed by atoms with Crippen LogP contribution >= 0.6 is 39.3 Å². The van der Waals surface area contributed by atoms with E-state index in [1.165, 1.54) is 11.8 Å². The van der Waals surface area contributed by atoms with Crippen molar-refractivity contribution in [3.05, 3.63) is 64.0 Å². The van der Waals surface area contributed by atoms with Gasteiger partial charge < -0.3 is 5.32 Å². The smallest absolute Gasteiger partial charge is 0.309 e. The Hall–Kier alpha value is -2.04. The molecule has 0 saturated carbocycles. The number of carbonyl (C=O) groups is 1. The van der Waals surface area contributed by atoms with Crippen molar-refractivity contribution in [1.29, 1.82) is 0 Å². The van der Waals surface area contributed by atoms with Gasteiger partial charge in [0.15, 0.2) is 11.0 Å². The number of hydrogen-bond donors (Lipinski definition) is 1. The second-order valence-corrected chi connectivity index (χ2v) is 7.71. The molecule has 28 heavy (non-hydrogen) atoms. The normalized spacial score (nSPS) is 11.5. The topological polar surface area (TPSA) is 59.8 Å². The number of nitrogens with one attached hydrogen (secondary N) is 1. The molecule has 0 unspecified atom stereocenters. The zero-order valence-electron chi connectivity index (χ0n) is 13.9. The Balaban J connectivity index is 1.64. The summed E-state index contributed by atoms with van der Waals surface area (Å²) in [5.74, 6) is -0.618. The molecule has 1 aromatic carbocycles. The SMILES string of the molecule is O=C(CSc1nccn1-c1ccc(Br)cc1)Nc1ncc(C(F)(F)F)cc1Cl. The quantitative estimate of drug-likeness (QED) is 0.483. The summed E-state index contributed by atoms with van der Waals surface area (Å²) in [5, 5.41) is 2.70. The first-order valence-electron chi connectivity index (χ1n) is 7.69. The summed E-state index contributed by atoms with van der Waals surface area (Å²) in [6.45, 7) is 0. The van der Waals surface area contributed by atoms with Gasteiger partial charge in [-0.25, -0.2) is 9.97 Å². The zero-order valence-corrected chi connectivity index (χ0v) is 17.0. The lowest BCUT2D eigenvalue weighted by molar-refractivity contribution is -0.137. The zero-order chi connectivity index (χ0) is 20.3. The molecular weight excluding hydrogens is 481 g/mol.